The molecule has 0 radical (unpaired) electrons. The standard InChI is InChI=1S/C20H25N5O3S/c1-13-4-5-16-15(10-13)18(27)25(11-20(28-16)6-8-24(3)9-7-20)14(2)17(26)22-19-23-21-12-29-19/h4-5,10,12,14H,6-9,11H2,1-3H3,(H,22,23,26). The SMILES string of the molecule is Cc1ccc2c(c1)C(=O)N(C(C)C(=O)Nc1nncs1)CC1(CCN(C)CC1)O2. The summed E-state index contributed by atoms with van der Waals surface area (Å²) in [4.78, 5) is 30.2. The van der Waals surface area contributed by atoms with Crippen molar-refractivity contribution in [3.63, 3.8) is 0 Å². The van der Waals surface area contributed by atoms with E-state index in [-0.39, 0.29) is 11.8 Å². The first-order chi connectivity index (χ1) is 13.9. The second-order valence-corrected chi connectivity index (χ2v) is 8.76. The van der Waals surface area contributed by atoms with Crippen LogP contribution in [-0.2, 0) is 4.79 Å². The van der Waals surface area contributed by atoms with Crippen LogP contribution in [0.5, 0.6) is 5.75 Å². The fourth-order valence-electron chi connectivity index (χ4n) is 3.88. The Bertz CT molecular complexity index is 909. The fraction of sp³-hybridized carbons (Fsp3) is 0.500. The van der Waals surface area contributed by atoms with E-state index in [1.807, 2.05) is 25.1 Å². The minimum atomic E-state index is -0.669. The Hall–Kier alpha value is -2.52. The summed E-state index contributed by atoms with van der Waals surface area (Å²) in [6.07, 6.45) is 1.59. The molecule has 0 bridgehead atoms. The van der Waals surface area contributed by atoms with E-state index in [4.69, 9.17) is 4.74 Å². The zero-order valence-corrected chi connectivity index (χ0v) is 17.7. The number of anilines is 1. The molecule has 0 saturated carbocycles. The second-order valence-electron chi connectivity index (χ2n) is 7.93. The van der Waals surface area contributed by atoms with E-state index in [1.54, 1.807) is 17.3 Å². The van der Waals surface area contributed by atoms with Gasteiger partial charge in [-0.05, 0) is 33.0 Å². The van der Waals surface area contributed by atoms with Crippen molar-refractivity contribution in [2.75, 3.05) is 32.0 Å². The third-order valence-electron chi connectivity index (χ3n) is 5.75. The lowest BCUT2D eigenvalue weighted by Gasteiger charge is -2.42. The molecule has 1 atom stereocenters. The van der Waals surface area contributed by atoms with Crippen LogP contribution in [0, 0.1) is 6.92 Å². The summed E-state index contributed by atoms with van der Waals surface area (Å²) >= 11 is 1.24. The first kappa shape index (κ1) is 19.8. The van der Waals surface area contributed by atoms with Crippen LogP contribution in [0.3, 0.4) is 0 Å². The van der Waals surface area contributed by atoms with Gasteiger partial charge in [0.1, 0.15) is 22.9 Å². The molecule has 9 heteroatoms. The monoisotopic (exact) mass is 415 g/mol. The number of amides is 2. The lowest BCUT2D eigenvalue weighted by molar-refractivity contribution is -0.121. The molecule has 1 spiro atoms. The molecular formula is C20H25N5O3S. The number of carbonyl (C=O) groups excluding carboxylic acids is 2. The summed E-state index contributed by atoms with van der Waals surface area (Å²) < 4.78 is 6.48. The van der Waals surface area contributed by atoms with Gasteiger partial charge in [0.25, 0.3) is 5.91 Å². The number of aryl methyl sites for hydroxylation is 1. The highest BCUT2D eigenvalue weighted by Gasteiger charge is 2.44. The average molecular weight is 416 g/mol. The van der Waals surface area contributed by atoms with Crippen molar-refractivity contribution < 1.29 is 14.3 Å². The Balaban J connectivity index is 1.67. The molecule has 0 aliphatic carbocycles. The van der Waals surface area contributed by atoms with Crippen LogP contribution in [-0.4, -0.2) is 70.1 Å². The number of piperidine rings is 1. The van der Waals surface area contributed by atoms with Gasteiger partial charge in [0, 0.05) is 25.9 Å². The zero-order valence-electron chi connectivity index (χ0n) is 16.8. The van der Waals surface area contributed by atoms with E-state index >= 15 is 0 Å². The lowest BCUT2D eigenvalue weighted by Crippen LogP contribution is -2.56. The maximum absolute atomic E-state index is 13.5. The van der Waals surface area contributed by atoms with Crippen molar-refractivity contribution in [1.29, 1.82) is 0 Å². The molecule has 1 N–H and O–H groups in total. The Morgan fingerprint density at radius 2 is 2.10 bits per heavy atom. The quantitative estimate of drug-likeness (QED) is 0.827. The van der Waals surface area contributed by atoms with Gasteiger partial charge < -0.3 is 14.5 Å². The van der Waals surface area contributed by atoms with Crippen LogP contribution in [0.25, 0.3) is 0 Å². The Kier molecular flexibility index (Phi) is 5.26. The highest BCUT2D eigenvalue weighted by molar-refractivity contribution is 7.13. The number of nitrogens with zero attached hydrogens (tertiary/aromatic N) is 4. The van der Waals surface area contributed by atoms with E-state index in [0.717, 1.165) is 31.5 Å². The Morgan fingerprint density at radius 1 is 1.34 bits per heavy atom. The van der Waals surface area contributed by atoms with Crippen LogP contribution >= 0.6 is 11.3 Å². The van der Waals surface area contributed by atoms with Crippen LogP contribution in [0.15, 0.2) is 23.7 Å². The molecule has 2 aliphatic heterocycles. The minimum absolute atomic E-state index is 0.181. The molecule has 1 saturated heterocycles. The molecule has 1 aromatic carbocycles. The summed E-state index contributed by atoms with van der Waals surface area (Å²) in [7, 11) is 2.09. The first-order valence-corrected chi connectivity index (χ1v) is 10.6. The summed E-state index contributed by atoms with van der Waals surface area (Å²) in [6, 6.07) is 5.00. The third-order valence-corrected chi connectivity index (χ3v) is 6.35. The van der Waals surface area contributed by atoms with Crippen molar-refractivity contribution in [3.8, 4) is 5.75 Å². The van der Waals surface area contributed by atoms with Crippen molar-refractivity contribution in [1.82, 2.24) is 20.0 Å². The average Bonchev–Trinajstić information content (AvgIpc) is 3.18. The van der Waals surface area contributed by atoms with Crippen LogP contribution in [0.4, 0.5) is 5.13 Å². The number of benzene rings is 1. The lowest BCUT2D eigenvalue weighted by atomic mass is 9.90. The van der Waals surface area contributed by atoms with Crippen LogP contribution in [0.1, 0.15) is 35.7 Å². The number of fused-ring (bicyclic) bond motifs is 1. The van der Waals surface area contributed by atoms with Gasteiger partial charge >= 0.3 is 0 Å². The highest BCUT2D eigenvalue weighted by atomic mass is 32.1. The number of hydrogen-bond donors (Lipinski definition) is 1. The number of ether oxygens (including phenoxy) is 1. The van der Waals surface area contributed by atoms with E-state index < -0.39 is 11.6 Å². The van der Waals surface area contributed by atoms with Crippen LogP contribution < -0.4 is 10.1 Å². The van der Waals surface area contributed by atoms with E-state index in [0.29, 0.717) is 23.0 Å². The second kappa shape index (κ2) is 7.72. The number of aromatic nitrogens is 2. The summed E-state index contributed by atoms with van der Waals surface area (Å²) in [5.41, 5.74) is 2.54. The minimum Gasteiger partial charge on any atom is -0.484 e. The maximum Gasteiger partial charge on any atom is 0.258 e. The summed E-state index contributed by atoms with van der Waals surface area (Å²) in [5.74, 6) is 0.137. The molecule has 1 aromatic heterocycles. The van der Waals surface area contributed by atoms with Crippen molar-refractivity contribution >= 4 is 28.3 Å². The van der Waals surface area contributed by atoms with E-state index in [9.17, 15) is 9.59 Å². The number of carbonyl (C=O) groups is 2. The van der Waals surface area contributed by atoms with Gasteiger partial charge in [-0.2, -0.15) is 0 Å². The number of nitrogens with one attached hydrogen (secondary N) is 1. The van der Waals surface area contributed by atoms with Crippen molar-refractivity contribution in [3.05, 3.63) is 34.8 Å². The Labute approximate surface area is 173 Å². The van der Waals surface area contributed by atoms with Crippen molar-refractivity contribution in [2.24, 2.45) is 0 Å². The van der Waals surface area contributed by atoms with Gasteiger partial charge in [-0.1, -0.05) is 23.0 Å². The zero-order chi connectivity index (χ0) is 20.6. The first-order valence-electron chi connectivity index (χ1n) is 9.73. The molecule has 4 rings (SSSR count). The van der Waals surface area contributed by atoms with Gasteiger partial charge in [-0.25, -0.2) is 0 Å². The third kappa shape index (κ3) is 3.97. The van der Waals surface area contributed by atoms with Gasteiger partial charge in [0.05, 0.1) is 12.1 Å². The van der Waals surface area contributed by atoms with E-state index in [2.05, 4.69) is 27.5 Å². The van der Waals surface area contributed by atoms with Gasteiger partial charge in [0.15, 0.2) is 0 Å². The normalized spacial score (nSPS) is 20.0. The summed E-state index contributed by atoms with van der Waals surface area (Å²) in [5, 5.41) is 10.8. The molecule has 2 aromatic rings. The van der Waals surface area contributed by atoms with Gasteiger partial charge in [-0.15, -0.1) is 10.2 Å². The number of rotatable bonds is 3. The molecule has 2 amide bonds. The molecule has 29 heavy (non-hydrogen) atoms. The molecule has 1 unspecified atom stereocenters. The topological polar surface area (TPSA) is 87.7 Å². The van der Waals surface area contributed by atoms with Gasteiger partial charge in [0.2, 0.25) is 11.0 Å². The number of likely N-dealkylation sites (tertiary alicyclic amines) is 1. The van der Waals surface area contributed by atoms with E-state index in [1.165, 1.54) is 11.3 Å². The molecular weight excluding hydrogens is 390 g/mol. The predicted molar refractivity (Wildman–Crippen MR) is 110 cm³/mol. The Morgan fingerprint density at radius 3 is 2.79 bits per heavy atom. The highest BCUT2D eigenvalue weighted by Crippen LogP contribution is 2.36. The molecule has 2 aliphatic rings. The molecule has 154 valence electrons. The smallest absolute Gasteiger partial charge is 0.258 e. The molecule has 1 fully saturated rings. The van der Waals surface area contributed by atoms with Gasteiger partial charge in [-0.3, -0.25) is 14.9 Å². The van der Waals surface area contributed by atoms with Crippen molar-refractivity contribution in [2.45, 2.75) is 38.3 Å². The molecule has 8 nitrogen and oxygen atoms in total. The number of hydrogen-bond acceptors (Lipinski definition) is 7. The molecule has 3 heterocycles. The maximum atomic E-state index is 13.5. The fourth-order valence-corrected chi connectivity index (χ4v) is 4.33. The predicted octanol–water partition coefficient (Wildman–Crippen LogP) is 2.17. The summed E-state index contributed by atoms with van der Waals surface area (Å²) in [6.45, 7) is 5.83. The largest absolute Gasteiger partial charge is 0.484 e. The van der Waals surface area contributed by atoms with Crippen LogP contribution in [0.2, 0.25) is 0 Å².